The molecule has 1 aliphatic rings. The Morgan fingerprint density at radius 3 is 2.64 bits per heavy atom. The van der Waals surface area contributed by atoms with Gasteiger partial charge < -0.3 is 9.84 Å². The summed E-state index contributed by atoms with van der Waals surface area (Å²) in [5.41, 5.74) is 1.47. The van der Waals surface area contributed by atoms with Crippen LogP contribution in [0.3, 0.4) is 0 Å². The fourth-order valence-electron chi connectivity index (χ4n) is 3.08. The normalized spacial score (nSPS) is 21.4. The minimum Gasteiger partial charge on any atom is -0.495 e. The molecule has 0 amide bonds. The minimum absolute atomic E-state index is 0.0365. The van der Waals surface area contributed by atoms with Gasteiger partial charge in [0.05, 0.1) is 31.2 Å². The lowest BCUT2D eigenvalue weighted by Gasteiger charge is -2.38. The minimum atomic E-state index is -3.54. The predicted octanol–water partition coefficient (Wildman–Crippen LogP) is 2.02. The molecule has 3 rings (SSSR count). The summed E-state index contributed by atoms with van der Waals surface area (Å²) in [7, 11) is -2.00. The summed E-state index contributed by atoms with van der Waals surface area (Å²) < 4.78 is 33.3. The molecule has 1 fully saturated rings. The summed E-state index contributed by atoms with van der Waals surface area (Å²) in [6.07, 6.45) is 3.98. The van der Waals surface area contributed by atoms with Crippen molar-refractivity contribution in [1.82, 2.24) is 9.71 Å². The molecule has 0 unspecified atom stereocenters. The smallest absolute Gasteiger partial charge is 0.216 e. The van der Waals surface area contributed by atoms with Gasteiger partial charge in [0, 0.05) is 6.20 Å². The largest absolute Gasteiger partial charge is 0.495 e. The number of nitrogens with one attached hydrogen (secondary N) is 1. The van der Waals surface area contributed by atoms with Gasteiger partial charge in [-0.2, -0.15) is 0 Å². The molecule has 1 saturated carbocycles. The van der Waals surface area contributed by atoms with E-state index in [-0.39, 0.29) is 17.8 Å². The third-order valence-corrected chi connectivity index (χ3v) is 5.78. The lowest BCUT2D eigenvalue weighted by atomic mass is 9.76. The van der Waals surface area contributed by atoms with E-state index in [0.717, 1.165) is 11.1 Å². The number of rotatable bonds is 7. The van der Waals surface area contributed by atoms with E-state index < -0.39 is 16.1 Å². The van der Waals surface area contributed by atoms with Crippen LogP contribution in [-0.2, 0) is 15.8 Å². The Kier molecular flexibility index (Phi) is 5.36. The first-order valence-electron chi connectivity index (χ1n) is 8.18. The lowest BCUT2D eigenvalue weighted by molar-refractivity contribution is 0.0279. The quantitative estimate of drug-likeness (QED) is 0.787. The summed E-state index contributed by atoms with van der Waals surface area (Å²) in [5.74, 6) is 0.524. The van der Waals surface area contributed by atoms with Crippen molar-refractivity contribution >= 4 is 10.0 Å². The Morgan fingerprint density at radius 1 is 1.28 bits per heavy atom. The maximum absolute atomic E-state index is 12.6. The summed E-state index contributed by atoms with van der Waals surface area (Å²) in [6, 6.07) is 10.4. The number of aliphatic hydroxyl groups excluding tert-OH is 1. The second-order valence-electron chi connectivity index (χ2n) is 6.38. The average molecular weight is 362 g/mol. The van der Waals surface area contributed by atoms with Crippen molar-refractivity contribution in [1.29, 1.82) is 0 Å². The molecule has 1 aromatic carbocycles. The number of nitrogens with zero attached hydrogens (tertiary/aromatic N) is 1. The van der Waals surface area contributed by atoms with Gasteiger partial charge in [0.2, 0.25) is 10.0 Å². The molecule has 6 nitrogen and oxygen atoms in total. The number of hydrogen-bond donors (Lipinski definition) is 2. The second-order valence-corrected chi connectivity index (χ2v) is 8.14. The van der Waals surface area contributed by atoms with Crippen molar-refractivity contribution in [2.75, 3.05) is 7.11 Å². The van der Waals surface area contributed by atoms with Crippen LogP contribution >= 0.6 is 0 Å². The van der Waals surface area contributed by atoms with E-state index in [1.54, 1.807) is 37.7 Å². The number of benzene rings is 1. The van der Waals surface area contributed by atoms with E-state index >= 15 is 0 Å². The first-order chi connectivity index (χ1) is 12.0. The molecule has 2 N–H and O–H groups in total. The molecule has 134 valence electrons. The predicted molar refractivity (Wildman–Crippen MR) is 94.5 cm³/mol. The Bertz CT molecular complexity index is 805. The molecule has 7 heteroatoms. The average Bonchev–Trinajstić information content (AvgIpc) is 2.58. The van der Waals surface area contributed by atoms with Crippen LogP contribution in [0.15, 0.2) is 48.8 Å². The van der Waals surface area contributed by atoms with E-state index in [2.05, 4.69) is 9.71 Å². The number of hydrogen-bond acceptors (Lipinski definition) is 5. The van der Waals surface area contributed by atoms with Crippen LogP contribution < -0.4 is 9.46 Å². The van der Waals surface area contributed by atoms with Crippen LogP contribution in [0, 0.1) is 5.92 Å². The third kappa shape index (κ3) is 4.56. The number of aromatic nitrogens is 1. The van der Waals surface area contributed by atoms with Gasteiger partial charge >= 0.3 is 0 Å². The van der Waals surface area contributed by atoms with E-state index in [0.29, 0.717) is 18.6 Å². The first kappa shape index (κ1) is 17.8. The summed E-state index contributed by atoms with van der Waals surface area (Å²) >= 11 is 0. The first-order valence-corrected chi connectivity index (χ1v) is 9.83. The van der Waals surface area contributed by atoms with E-state index in [1.165, 1.54) is 0 Å². The van der Waals surface area contributed by atoms with Crippen molar-refractivity contribution in [3.8, 4) is 5.75 Å². The van der Waals surface area contributed by atoms with Gasteiger partial charge in [0.15, 0.2) is 0 Å². The van der Waals surface area contributed by atoms with Gasteiger partial charge in [-0.3, -0.25) is 4.98 Å². The van der Waals surface area contributed by atoms with Crippen molar-refractivity contribution in [3.63, 3.8) is 0 Å². The molecular weight excluding hydrogens is 340 g/mol. The molecule has 0 spiro atoms. The number of aliphatic hydroxyl groups is 1. The Balaban J connectivity index is 1.82. The molecule has 2 aromatic rings. The molecule has 1 atom stereocenters. The number of ether oxygens (including phenoxy) is 1. The highest BCUT2D eigenvalue weighted by atomic mass is 32.2. The fourth-order valence-corrected chi connectivity index (χ4v) is 4.51. The van der Waals surface area contributed by atoms with E-state index in [4.69, 9.17) is 4.74 Å². The van der Waals surface area contributed by atoms with Gasteiger partial charge in [-0.05, 0) is 36.0 Å². The second kappa shape index (κ2) is 7.51. The van der Waals surface area contributed by atoms with Crippen LogP contribution in [0.4, 0.5) is 0 Å². The molecule has 25 heavy (non-hydrogen) atoms. The summed E-state index contributed by atoms with van der Waals surface area (Å²) in [5, 5.41) is 9.63. The van der Waals surface area contributed by atoms with Crippen molar-refractivity contribution in [2.45, 2.75) is 30.7 Å². The van der Waals surface area contributed by atoms with Gasteiger partial charge in [0.1, 0.15) is 5.75 Å². The standard InChI is InChI=1S/C18H22N2O4S/c1-24-17-9-15(10-19-11-17)18(14-7-16(21)8-14)20-25(22,23)12-13-5-3-2-4-6-13/h2-6,9-11,14,16,18,20-21H,7-8,12H2,1H3/t14?,16?,18-/m1/s1. The highest BCUT2D eigenvalue weighted by Gasteiger charge is 2.37. The molecule has 0 saturated heterocycles. The SMILES string of the molecule is COc1cncc([C@H](NS(=O)(=O)Cc2ccccc2)C2CC(O)C2)c1. The molecule has 1 heterocycles. The van der Waals surface area contributed by atoms with Crippen LogP contribution in [0.5, 0.6) is 5.75 Å². The maximum atomic E-state index is 12.6. The number of methoxy groups -OCH3 is 1. The lowest BCUT2D eigenvalue weighted by Crippen LogP contribution is -2.41. The maximum Gasteiger partial charge on any atom is 0.216 e. The van der Waals surface area contributed by atoms with Crippen LogP contribution in [0.25, 0.3) is 0 Å². The van der Waals surface area contributed by atoms with Crippen molar-refractivity contribution < 1.29 is 18.3 Å². The van der Waals surface area contributed by atoms with Gasteiger partial charge in [-0.15, -0.1) is 0 Å². The van der Waals surface area contributed by atoms with Gasteiger partial charge in [0.25, 0.3) is 0 Å². The zero-order valence-corrected chi connectivity index (χ0v) is 14.8. The van der Waals surface area contributed by atoms with Crippen molar-refractivity contribution in [3.05, 3.63) is 59.9 Å². The topological polar surface area (TPSA) is 88.5 Å². The zero-order valence-electron chi connectivity index (χ0n) is 14.0. The van der Waals surface area contributed by atoms with E-state index in [1.807, 2.05) is 18.2 Å². The monoisotopic (exact) mass is 362 g/mol. The highest BCUT2D eigenvalue weighted by Crippen LogP contribution is 2.39. The van der Waals surface area contributed by atoms with Crippen LogP contribution in [0.2, 0.25) is 0 Å². The fraction of sp³-hybridized carbons (Fsp3) is 0.389. The molecule has 1 aromatic heterocycles. The van der Waals surface area contributed by atoms with E-state index in [9.17, 15) is 13.5 Å². The van der Waals surface area contributed by atoms with Gasteiger partial charge in [-0.25, -0.2) is 13.1 Å². The number of pyridine rings is 1. The molecular formula is C18H22N2O4S. The summed E-state index contributed by atoms with van der Waals surface area (Å²) in [6.45, 7) is 0. The summed E-state index contributed by atoms with van der Waals surface area (Å²) in [4.78, 5) is 4.13. The zero-order chi connectivity index (χ0) is 17.9. The Hall–Kier alpha value is -1.96. The molecule has 0 bridgehead atoms. The van der Waals surface area contributed by atoms with Gasteiger partial charge in [-0.1, -0.05) is 30.3 Å². The highest BCUT2D eigenvalue weighted by molar-refractivity contribution is 7.88. The molecule has 0 radical (unpaired) electrons. The van der Waals surface area contributed by atoms with Crippen LogP contribution in [-0.4, -0.2) is 31.7 Å². The molecule has 0 aliphatic heterocycles. The Labute approximate surface area is 147 Å². The Morgan fingerprint density at radius 2 is 2.00 bits per heavy atom. The van der Waals surface area contributed by atoms with Crippen LogP contribution in [0.1, 0.15) is 30.0 Å². The molecule has 1 aliphatic carbocycles. The van der Waals surface area contributed by atoms with Crippen molar-refractivity contribution in [2.24, 2.45) is 5.92 Å². The number of sulfonamides is 1. The third-order valence-electron chi connectivity index (χ3n) is 4.46.